The first-order valence-electron chi connectivity index (χ1n) is 5.65. The molecule has 0 fully saturated rings. The molecule has 0 bridgehead atoms. The number of nitrogens with zero attached hydrogens (tertiary/aromatic N) is 2. The fraction of sp³-hybridized carbons (Fsp3) is 0.333. The Morgan fingerprint density at radius 2 is 2.21 bits per heavy atom. The van der Waals surface area contributed by atoms with Crippen molar-refractivity contribution in [3.63, 3.8) is 0 Å². The fourth-order valence-electron chi connectivity index (χ4n) is 1.73. The molecule has 102 valence electrons. The van der Waals surface area contributed by atoms with Crippen LogP contribution in [0.15, 0.2) is 22.7 Å². The normalized spacial score (nSPS) is 10.7. The lowest BCUT2D eigenvalue weighted by atomic mass is 10.2. The number of aromatic amines is 1. The molecule has 1 N–H and O–H groups in total. The summed E-state index contributed by atoms with van der Waals surface area (Å²) < 4.78 is 13.7. The van der Waals surface area contributed by atoms with E-state index >= 15 is 0 Å². The number of benzene rings is 1. The van der Waals surface area contributed by atoms with E-state index in [-0.39, 0.29) is 0 Å². The molecule has 0 saturated carbocycles. The van der Waals surface area contributed by atoms with E-state index in [1.54, 1.807) is 14.2 Å². The van der Waals surface area contributed by atoms with Crippen molar-refractivity contribution in [2.45, 2.75) is 6.54 Å². The minimum Gasteiger partial charge on any atom is -0.496 e. The average Bonchev–Trinajstić information content (AvgIpc) is 2.77. The summed E-state index contributed by atoms with van der Waals surface area (Å²) in [5.41, 5.74) is 0.955. The van der Waals surface area contributed by atoms with E-state index in [9.17, 15) is 0 Å². The van der Waals surface area contributed by atoms with E-state index in [1.807, 2.05) is 22.8 Å². The molecule has 7 heteroatoms. The number of ether oxygens (including phenoxy) is 2. The Morgan fingerprint density at radius 1 is 1.42 bits per heavy atom. The van der Waals surface area contributed by atoms with E-state index in [0.29, 0.717) is 17.9 Å². The summed E-state index contributed by atoms with van der Waals surface area (Å²) in [5.74, 6) is 1.56. The quantitative estimate of drug-likeness (QED) is 0.847. The highest BCUT2D eigenvalue weighted by molar-refractivity contribution is 9.10. The molecule has 0 atom stereocenters. The third-order valence-electron chi connectivity index (χ3n) is 2.69. The number of aromatic nitrogens is 3. The van der Waals surface area contributed by atoms with E-state index in [4.69, 9.17) is 21.7 Å². The van der Waals surface area contributed by atoms with Gasteiger partial charge in [-0.2, -0.15) is 5.10 Å². The Morgan fingerprint density at radius 3 is 2.84 bits per heavy atom. The summed E-state index contributed by atoms with van der Waals surface area (Å²) in [6, 6.07) is 5.78. The van der Waals surface area contributed by atoms with E-state index in [1.165, 1.54) is 0 Å². The van der Waals surface area contributed by atoms with Gasteiger partial charge in [-0.25, -0.2) is 0 Å². The highest BCUT2D eigenvalue weighted by Crippen LogP contribution is 2.29. The lowest BCUT2D eigenvalue weighted by molar-refractivity contribution is 0.187. The molecule has 0 spiro atoms. The van der Waals surface area contributed by atoms with Gasteiger partial charge in [0.1, 0.15) is 5.75 Å². The molecule has 0 aliphatic rings. The second-order valence-electron chi connectivity index (χ2n) is 3.85. The van der Waals surface area contributed by atoms with Crippen molar-refractivity contribution in [2.75, 3.05) is 20.8 Å². The van der Waals surface area contributed by atoms with E-state index in [2.05, 4.69) is 26.1 Å². The van der Waals surface area contributed by atoms with Gasteiger partial charge in [0, 0.05) is 12.7 Å². The molecule has 1 heterocycles. The Labute approximate surface area is 124 Å². The lowest BCUT2D eigenvalue weighted by Crippen LogP contribution is -2.06. The van der Waals surface area contributed by atoms with Crippen molar-refractivity contribution < 1.29 is 9.47 Å². The summed E-state index contributed by atoms with van der Waals surface area (Å²) in [5, 5.41) is 7.07. The number of nitrogens with one attached hydrogen (secondary N) is 1. The zero-order valence-electron chi connectivity index (χ0n) is 10.6. The average molecular weight is 344 g/mol. The largest absolute Gasteiger partial charge is 0.496 e. The van der Waals surface area contributed by atoms with Crippen molar-refractivity contribution in [1.29, 1.82) is 0 Å². The molecule has 1 aromatic heterocycles. The third kappa shape index (κ3) is 3.05. The van der Waals surface area contributed by atoms with Gasteiger partial charge in [0.25, 0.3) is 0 Å². The zero-order chi connectivity index (χ0) is 13.8. The molecule has 1 aromatic carbocycles. The summed E-state index contributed by atoms with van der Waals surface area (Å²) in [7, 11) is 3.29. The maximum absolute atomic E-state index is 5.22. The second-order valence-corrected chi connectivity index (χ2v) is 5.09. The Bertz CT molecular complexity index is 624. The number of halogens is 1. The van der Waals surface area contributed by atoms with Gasteiger partial charge in [0.05, 0.1) is 24.7 Å². The van der Waals surface area contributed by atoms with Gasteiger partial charge in [-0.1, -0.05) is 0 Å². The summed E-state index contributed by atoms with van der Waals surface area (Å²) >= 11 is 8.69. The molecule has 5 nitrogen and oxygen atoms in total. The lowest BCUT2D eigenvalue weighted by Gasteiger charge is -2.08. The van der Waals surface area contributed by atoms with Crippen molar-refractivity contribution >= 4 is 28.1 Å². The van der Waals surface area contributed by atoms with Gasteiger partial charge < -0.3 is 9.47 Å². The molecular formula is C12H14BrN3O2S. The number of methoxy groups -OCH3 is 2. The maximum Gasteiger partial charge on any atom is 0.195 e. The SMILES string of the molecule is COCCn1c(-c2ccc(OC)c(Br)c2)n[nH]c1=S. The number of rotatable bonds is 5. The van der Waals surface area contributed by atoms with E-state index < -0.39 is 0 Å². The van der Waals surface area contributed by atoms with E-state index in [0.717, 1.165) is 21.6 Å². The van der Waals surface area contributed by atoms with Crippen LogP contribution in [0.25, 0.3) is 11.4 Å². The molecule has 2 aromatic rings. The molecule has 0 unspecified atom stereocenters. The van der Waals surface area contributed by atoms with Crippen molar-refractivity contribution in [3.05, 3.63) is 27.4 Å². The van der Waals surface area contributed by atoms with Crippen LogP contribution in [-0.2, 0) is 11.3 Å². The predicted octanol–water partition coefficient (Wildman–Crippen LogP) is 3.03. The molecule has 0 amide bonds. The zero-order valence-corrected chi connectivity index (χ0v) is 13.0. The van der Waals surface area contributed by atoms with Crippen LogP contribution in [0, 0.1) is 4.77 Å². The van der Waals surface area contributed by atoms with Gasteiger partial charge in [-0.15, -0.1) is 0 Å². The Balaban J connectivity index is 2.41. The summed E-state index contributed by atoms with van der Waals surface area (Å²) in [6.45, 7) is 1.24. The topological polar surface area (TPSA) is 52.1 Å². The Kier molecular flexibility index (Phi) is 4.73. The smallest absolute Gasteiger partial charge is 0.195 e. The number of hydrogen-bond acceptors (Lipinski definition) is 4. The molecule has 2 rings (SSSR count). The summed E-state index contributed by atoms with van der Waals surface area (Å²) in [6.07, 6.45) is 0. The van der Waals surface area contributed by atoms with Crippen LogP contribution >= 0.6 is 28.1 Å². The second kappa shape index (κ2) is 6.31. The highest BCUT2D eigenvalue weighted by Gasteiger charge is 2.10. The van der Waals surface area contributed by atoms with Crippen LogP contribution in [0.2, 0.25) is 0 Å². The van der Waals surface area contributed by atoms with Gasteiger partial charge in [0.2, 0.25) is 0 Å². The monoisotopic (exact) mass is 343 g/mol. The molecule has 0 aliphatic heterocycles. The van der Waals surface area contributed by atoms with Crippen molar-refractivity contribution in [1.82, 2.24) is 14.8 Å². The first-order chi connectivity index (χ1) is 9.17. The first kappa shape index (κ1) is 14.2. The number of H-pyrrole nitrogens is 1. The maximum atomic E-state index is 5.22. The van der Waals surface area contributed by atoms with Crippen molar-refractivity contribution in [3.8, 4) is 17.1 Å². The van der Waals surface area contributed by atoms with Crippen LogP contribution in [0.5, 0.6) is 5.75 Å². The summed E-state index contributed by atoms with van der Waals surface area (Å²) in [4.78, 5) is 0. The van der Waals surface area contributed by atoms with Gasteiger partial charge in [0.15, 0.2) is 10.6 Å². The minimum atomic E-state index is 0.582. The van der Waals surface area contributed by atoms with Crippen LogP contribution in [0.1, 0.15) is 0 Å². The molecule has 0 radical (unpaired) electrons. The van der Waals surface area contributed by atoms with Crippen LogP contribution < -0.4 is 4.74 Å². The van der Waals surface area contributed by atoms with Crippen LogP contribution in [0.4, 0.5) is 0 Å². The fourth-order valence-corrected chi connectivity index (χ4v) is 2.50. The van der Waals surface area contributed by atoms with Gasteiger partial charge in [-0.3, -0.25) is 9.67 Å². The standard InChI is InChI=1S/C12H14BrN3O2S/c1-17-6-5-16-11(14-15-12(16)19)8-3-4-10(18-2)9(13)7-8/h3-4,7H,5-6H2,1-2H3,(H,15,19). The Hall–Kier alpha value is -1.18. The number of hydrogen-bond donors (Lipinski definition) is 1. The van der Waals surface area contributed by atoms with Gasteiger partial charge in [-0.05, 0) is 46.3 Å². The third-order valence-corrected chi connectivity index (χ3v) is 3.62. The minimum absolute atomic E-state index is 0.582. The van der Waals surface area contributed by atoms with Crippen molar-refractivity contribution in [2.24, 2.45) is 0 Å². The predicted molar refractivity (Wildman–Crippen MR) is 79.0 cm³/mol. The van der Waals surface area contributed by atoms with Crippen LogP contribution in [-0.4, -0.2) is 35.6 Å². The first-order valence-corrected chi connectivity index (χ1v) is 6.85. The molecule has 19 heavy (non-hydrogen) atoms. The molecular weight excluding hydrogens is 330 g/mol. The van der Waals surface area contributed by atoms with Crippen LogP contribution in [0.3, 0.4) is 0 Å². The van der Waals surface area contributed by atoms with Gasteiger partial charge >= 0.3 is 0 Å². The highest BCUT2D eigenvalue weighted by atomic mass is 79.9. The molecule has 0 aliphatic carbocycles. The molecule has 0 saturated heterocycles.